The van der Waals surface area contributed by atoms with Crippen LogP contribution in [0.2, 0.25) is 0 Å². The van der Waals surface area contributed by atoms with E-state index in [4.69, 9.17) is 0 Å². The molecule has 3 aliphatic rings. The van der Waals surface area contributed by atoms with Crippen molar-refractivity contribution in [3.8, 4) is 0 Å². The molecule has 1 fully saturated rings. The Bertz CT molecular complexity index is 244. The number of Topliss-reactive ketones (excluding diaryl/α,β-unsaturated/α-hetero) is 1. The highest BCUT2D eigenvalue weighted by atomic mass is 16.1. The molecule has 2 atom stereocenters. The molecule has 0 aromatic carbocycles. The molecule has 12 heavy (non-hydrogen) atoms. The summed E-state index contributed by atoms with van der Waals surface area (Å²) in [5, 5.41) is 0. The van der Waals surface area contributed by atoms with Crippen LogP contribution in [-0.2, 0) is 4.79 Å². The van der Waals surface area contributed by atoms with E-state index in [0.29, 0.717) is 12.0 Å². The van der Waals surface area contributed by atoms with E-state index in [9.17, 15) is 4.79 Å². The molecule has 2 bridgehead atoms. The molecule has 2 nitrogen and oxygen atoms in total. The molecule has 2 aliphatic heterocycles. The molecule has 0 amide bonds. The highest BCUT2D eigenvalue weighted by Crippen LogP contribution is 2.33. The summed E-state index contributed by atoms with van der Waals surface area (Å²) in [5.74, 6) is 0.898. The second-order valence-corrected chi connectivity index (χ2v) is 3.97. The predicted octanol–water partition coefficient (Wildman–Crippen LogP) is 1.23. The van der Waals surface area contributed by atoms with Gasteiger partial charge in [0, 0.05) is 18.2 Å². The normalized spacial score (nSPS) is 35.0. The lowest BCUT2D eigenvalue weighted by atomic mass is 9.80. The fourth-order valence-electron chi connectivity index (χ4n) is 2.43. The van der Waals surface area contributed by atoms with Crippen molar-refractivity contribution in [2.45, 2.75) is 25.8 Å². The van der Waals surface area contributed by atoms with Crippen LogP contribution < -0.4 is 0 Å². The Labute approximate surface area is 73.2 Å². The summed E-state index contributed by atoms with van der Waals surface area (Å²) < 4.78 is 0. The van der Waals surface area contributed by atoms with Crippen molar-refractivity contribution in [3.05, 3.63) is 11.6 Å². The quantitative estimate of drug-likeness (QED) is 0.582. The first-order valence-electron chi connectivity index (χ1n) is 4.61. The highest BCUT2D eigenvalue weighted by molar-refractivity contribution is 5.94. The van der Waals surface area contributed by atoms with Crippen molar-refractivity contribution in [1.29, 1.82) is 0 Å². The van der Waals surface area contributed by atoms with Crippen LogP contribution in [0, 0.1) is 5.92 Å². The van der Waals surface area contributed by atoms with Crippen LogP contribution in [0.25, 0.3) is 0 Å². The summed E-state index contributed by atoms with van der Waals surface area (Å²) in [7, 11) is 2.12. The molecule has 2 unspecified atom stereocenters. The lowest BCUT2D eigenvalue weighted by molar-refractivity contribution is -0.114. The van der Waals surface area contributed by atoms with Gasteiger partial charge >= 0.3 is 0 Å². The number of fused-ring (bicyclic) bond motifs is 2. The lowest BCUT2D eigenvalue weighted by Gasteiger charge is -2.42. The molecule has 0 N–H and O–H groups in total. The van der Waals surface area contributed by atoms with Crippen molar-refractivity contribution in [2.75, 3.05) is 13.6 Å². The van der Waals surface area contributed by atoms with E-state index in [1.807, 2.05) is 0 Å². The summed E-state index contributed by atoms with van der Waals surface area (Å²) >= 11 is 0. The average Bonchev–Trinajstić information content (AvgIpc) is 2.04. The Kier molecular flexibility index (Phi) is 1.80. The third-order valence-electron chi connectivity index (χ3n) is 3.05. The van der Waals surface area contributed by atoms with Crippen LogP contribution in [0.15, 0.2) is 11.6 Å². The summed E-state index contributed by atoms with van der Waals surface area (Å²) in [5.41, 5.74) is 1.06. The monoisotopic (exact) mass is 165 g/mol. The van der Waals surface area contributed by atoms with Gasteiger partial charge in [0.2, 0.25) is 0 Å². The smallest absolute Gasteiger partial charge is 0.157 e. The van der Waals surface area contributed by atoms with Crippen molar-refractivity contribution < 1.29 is 4.79 Å². The van der Waals surface area contributed by atoms with Crippen molar-refractivity contribution in [3.63, 3.8) is 0 Å². The van der Waals surface area contributed by atoms with E-state index in [-0.39, 0.29) is 5.78 Å². The molecular formula is C10H15NO. The standard InChI is InChI=1S/C10H15NO/c1-7(12)9-5-8-3-4-10(9)11(2)6-8/h5,8,10H,3-4,6H2,1-2H3. The molecule has 0 aromatic rings. The van der Waals surface area contributed by atoms with E-state index in [0.717, 1.165) is 12.1 Å². The van der Waals surface area contributed by atoms with Gasteiger partial charge in [-0.15, -0.1) is 0 Å². The zero-order valence-corrected chi connectivity index (χ0v) is 7.71. The predicted molar refractivity (Wildman–Crippen MR) is 47.9 cm³/mol. The van der Waals surface area contributed by atoms with E-state index in [1.165, 1.54) is 12.8 Å². The summed E-state index contributed by atoms with van der Waals surface area (Å²) in [4.78, 5) is 13.5. The number of likely N-dealkylation sites (N-methyl/N-ethyl adjacent to an activating group) is 1. The van der Waals surface area contributed by atoms with Gasteiger partial charge in [-0.1, -0.05) is 6.08 Å². The number of rotatable bonds is 1. The van der Waals surface area contributed by atoms with Crippen LogP contribution in [0.1, 0.15) is 19.8 Å². The fourth-order valence-corrected chi connectivity index (χ4v) is 2.43. The maximum Gasteiger partial charge on any atom is 0.157 e. The van der Waals surface area contributed by atoms with Crippen LogP contribution in [0.3, 0.4) is 0 Å². The zero-order valence-electron chi connectivity index (χ0n) is 7.71. The minimum Gasteiger partial charge on any atom is -0.299 e. The Morgan fingerprint density at radius 3 is 2.75 bits per heavy atom. The number of nitrogens with zero attached hydrogens (tertiary/aromatic N) is 1. The Morgan fingerprint density at radius 2 is 2.33 bits per heavy atom. The molecule has 2 heteroatoms. The van der Waals surface area contributed by atoms with E-state index in [1.54, 1.807) is 6.92 Å². The summed E-state index contributed by atoms with van der Waals surface area (Å²) in [6.45, 7) is 2.82. The minimum absolute atomic E-state index is 0.260. The van der Waals surface area contributed by atoms with Gasteiger partial charge in [0.25, 0.3) is 0 Å². The molecule has 0 aromatic heterocycles. The first-order chi connectivity index (χ1) is 5.68. The maximum atomic E-state index is 11.2. The molecule has 0 radical (unpaired) electrons. The third-order valence-corrected chi connectivity index (χ3v) is 3.05. The van der Waals surface area contributed by atoms with Gasteiger partial charge < -0.3 is 0 Å². The van der Waals surface area contributed by atoms with Crippen LogP contribution in [-0.4, -0.2) is 30.3 Å². The maximum absolute atomic E-state index is 11.2. The van der Waals surface area contributed by atoms with Gasteiger partial charge in [-0.2, -0.15) is 0 Å². The second-order valence-electron chi connectivity index (χ2n) is 3.97. The topological polar surface area (TPSA) is 20.3 Å². The van der Waals surface area contributed by atoms with Crippen molar-refractivity contribution in [2.24, 2.45) is 5.92 Å². The number of carbonyl (C=O) groups excluding carboxylic acids is 1. The Morgan fingerprint density at radius 1 is 1.58 bits per heavy atom. The zero-order chi connectivity index (χ0) is 8.72. The van der Waals surface area contributed by atoms with Gasteiger partial charge in [0.15, 0.2) is 5.78 Å². The molecule has 1 saturated heterocycles. The first kappa shape index (κ1) is 7.99. The van der Waals surface area contributed by atoms with Gasteiger partial charge in [-0.25, -0.2) is 0 Å². The van der Waals surface area contributed by atoms with E-state index < -0.39 is 0 Å². The molecule has 1 aliphatic carbocycles. The third kappa shape index (κ3) is 1.11. The molecule has 2 heterocycles. The van der Waals surface area contributed by atoms with E-state index in [2.05, 4.69) is 18.0 Å². The molecular weight excluding hydrogens is 150 g/mol. The molecule has 3 rings (SSSR count). The van der Waals surface area contributed by atoms with Crippen LogP contribution in [0.4, 0.5) is 0 Å². The van der Waals surface area contributed by atoms with Gasteiger partial charge in [-0.3, -0.25) is 9.69 Å². The number of piperidine rings is 1. The number of hydrogen-bond donors (Lipinski definition) is 0. The van der Waals surface area contributed by atoms with Gasteiger partial charge in [0.05, 0.1) is 0 Å². The van der Waals surface area contributed by atoms with Crippen molar-refractivity contribution >= 4 is 5.78 Å². The fraction of sp³-hybridized carbons (Fsp3) is 0.700. The number of ketones is 1. The second kappa shape index (κ2) is 2.70. The summed E-state index contributed by atoms with van der Waals surface area (Å²) in [6.07, 6.45) is 4.63. The lowest BCUT2D eigenvalue weighted by Crippen LogP contribution is -2.46. The van der Waals surface area contributed by atoms with Crippen LogP contribution >= 0.6 is 0 Å². The largest absolute Gasteiger partial charge is 0.299 e. The van der Waals surface area contributed by atoms with E-state index >= 15 is 0 Å². The van der Waals surface area contributed by atoms with Crippen molar-refractivity contribution in [1.82, 2.24) is 4.90 Å². The van der Waals surface area contributed by atoms with Gasteiger partial charge in [0.1, 0.15) is 0 Å². The minimum atomic E-state index is 0.260. The van der Waals surface area contributed by atoms with Crippen LogP contribution in [0.5, 0.6) is 0 Å². The summed E-state index contributed by atoms with van der Waals surface area (Å²) in [6, 6.07) is 0.424. The number of hydrogen-bond acceptors (Lipinski definition) is 2. The van der Waals surface area contributed by atoms with Gasteiger partial charge in [-0.05, 0) is 32.7 Å². The molecule has 66 valence electrons. The Hall–Kier alpha value is -0.630. The SMILES string of the molecule is CC(=O)C1=CC2CCC1N(C)C2. The average molecular weight is 165 g/mol. The number of carbonyl (C=O) groups is 1. The Balaban J connectivity index is 2.30. The molecule has 0 spiro atoms. The highest BCUT2D eigenvalue weighted by Gasteiger charge is 2.34. The molecule has 0 saturated carbocycles. The first-order valence-corrected chi connectivity index (χ1v) is 4.61.